The summed E-state index contributed by atoms with van der Waals surface area (Å²) in [6.45, 7) is 2.70. The molecular weight excluding hydrogens is 270 g/mol. The summed E-state index contributed by atoms with van der Waals surface area (Å²) >= 11 is 1.46. The van der Waals surface area contributed by atoms with E-state index in [4.69, 9.17) is 9.47 Å². The monoisotopic (exact) mass is 291 g/mol. The summed E-state index contributed by atoms with van der Waals surface area (Å²) in [6, 6.07) is 0. The van der Waals surface area contributed by atoms with Crippen LogP contribution in [-0.4, -0.2) is 56.0 Å². The molecule has 0 fully saturated rings. The maximum atomic E-state index is 11.1. The summed E-state index contributed by atoms with van der Waals surface area (Å²) in [7, 11) is 0. The third-order valence-electron chi connectivity index (χ3n) is 2.02. The van der Waals surface area contributed by atoms with Crippen molar-refractivity contribution >= 4 is 29.4 Å². The van der Waals surface area contributed by atoms with Crippen LogP contribution < -0.4 is 5.32 Å². The fourth-order valence-electron chi connectivity index (χ4n) is 1.11. The molecule has 0 atom stereocenters. The number of nitrogens with one attached hydrogen (secondary N) is 1. The Bertz CT molecular complexity index is 296. The van der Waals surface area contributed by atoms with Gasteiger partial charge >= 0.3 is 5.97 Å². The quantitative estimate of drug-likeness (QED) is 0.438. The van der Waals surface area contributed by atoms with Crippen LogP contribution in [0.4, 0.5) is 0 Å². The lowest BCUT2D eigenvalue weighted by Crippen LogP contribution is -2.29. The Morgan fingerprint density at radius 3 is 2.47 bits per heavy atom. The first-order valence-electron chi connectivity index (χ1n) is 6.04. The zero-order valence-electron chi connectivity index (χ0n) is 11.4. The largest absolute Gasteiger partial charge is 0.463 e. The first-order valence-corrected chi connectivity index (χ1v) is 7.44. The first kappa shape index (κ1) is 17.9. The van der Waals surface area contributed by atoms with Crippen LogP contribution in [0, 0.1) is 0 Å². The molecular formula is C12H21NO5S. The van der Waals surface area contributed by atoms with Crippen LogP contribution >= 0.6 is 11.8 Å². The summed E-state index contributed by atoms with van der Waals surface area (Å²) in [5.74, 6) is -0.0127. The van der Waals surface area contributed by atoms with Crippen LogP contribution in [0.25, 0.3) is 0 Å². The van der Waals surface area contributed by atoms with Gasteiger partial charge in [0, 0.05) is 13.0 Å². The molecule has 19 heavy (non-hydrogen) atoms. The third-order valence-corrected chi connectivity index (χ3v) is 2.57. The van der Waals surface area contributed by atoms with Crippen molar-refractivity contribution in [3.8, 4) is 0 Å². The number of ketones is 1. The van der Waals surface area contributed by atoms with Gasteiger partial charge in [-0.15, -0.1) is 0 Å². The molecule has 0 saturated carbocycles. The summed E-state index contributed by atoms with van der Waals surface area (Å²) in [4.78, 5) is 32.8. The van der Waals surface area contributed by atoms with Crippen molar-refractivity contribution in [2.45, 2.75) is 19.8 Å². The summed E-state index contributed by atoms with van der Waals surface area (Å²) < 4.78 is 10.0. The Labute approximate surface area is 117 Å². The average Bonchev–Trinajstić information content (AvgIpc) is 2.35. The number of thioether (sulfide) groups is 1. The molecule has 110 valence electrons. The van der Waals surface area contributed by atoms with Crippen molar-refractivity contribution in [2.75, 3.05) is 38.4 Å². The highest BCUT2D eigenvalue weighted by atomic mass is 32.2. The Hall–Kier alpha value is -1.08. The highest BCUT2D eigenvalue weighted by Crippen LogP contribution is 1.94. The van der Waals surface area contributed by atoms with Crippen LogP contribution in [-0.2, 0) is 23.9 Å². The molecule has 0 radical (unpaired) electrons. The van der Waals surface area contributed by atoms with Crippen molar-refractivity contribution in [3.05, 3.63) is 0 Å². The molecule has 1 amide bonds. The van der Waals surface area contributed by atoms with Gasteiger partial charge in [-0.25, -0.2) is 0 Å². The number of rotatable bonds is 11. The second-order valence-corrected chi connectivity index (χ2v) is 4.68. The van der Waals surface area contributed by atoms with Gasteiger partial charge in [0.05, 0.1) is 25.4 Å². The number of ether oxygens (including phenoxy) is 2. The molecule has 0 aromatic rings. The maximum Gasteiger partial charge on any atom is 0.306 e. The number of amides is 1. The van der Waals surface area contributed by atoms with Gasteiger partial charge in [0.2, 0.25) is 5.91 Å². The predicted molar refractivity (Wildman–Crippen MR) is 73.1 cm³/mol. The van der Waals surface area contributed by atoms with Gasteiger partial charge in [0.1, 0.15) is 12.4 Å². The van der Waals surface area contributed by atoms with Crippen LogP contribution in [0.1, 0.15) is 19.8 Å². The lowest BCUT2D eigenvalue weighted by molar-refractivity contribution is -0.146. The summed E-state index contributed by atoms with van der Waals surface area (Å²) in [5, 5.41) is 2.69. The highest BCUT2D eigenvalue weighted by molar-refractivity contribution is 7.99. The van der Waals surface area contributed by atoms with E-state index in [-0.39, 0.29) is 37.7 Å². The predicted octanol–water partition coefficient (Wildman–Crippen LogP) is 0.395. The van der Waals surface area contributed by atoms with E-state index in [1.807, 2.05) is 6.26 Å². The maximum absolute atomic E-state index is 11.1. The molecule has 0 spiro atoms. The van der Waals surface area contributed by atoms with Crippen molar-refractivity contribution in [3.63, 3.8) is 0 Å². The zero-order valence-corrected chi connectivity index (χ0v) is 12.2. The minimum Gasteiger partial charge on any atom is -0.463 e. The van der Waals surface area contributed by atoms with Crippen molar-refractivity contribution in [1.82, 2.24) is 5.32 Å². The zero-order chi connectivity index (χ0) is 14.5. The number of esters is 1. The van der Waals surface area contributed by atoms with Gasteiger partial charge in [0.25, 0.3) is 0 Å². The Balaban J connectivity index is 3.29. The third kappa shape index (κ3) is 13.2. The number of Topliss-reactive ketones (excluding diaryl/α,β-unsaturated/α-hetero) is 1. The first-order chi connectivity index (χ1) is 9.06. The molecule has 0 aromatic heterocycles. The fourth-order valence-corrected chi connectivity index (χ4v) is 1.48. The Morgan fingerprint density at radius 2 is 1.84 bits per heavy atom. The number of hydrogen-bond donors (Lipinski definition) is 1. The minimum atomic E-state index is -0.396. The van der Waals surface area contributed by atoms with Gasteiger partial charge in [-0.3, -0.25) is 9.59 Å². The highest BCUT2D eigenvalue weighted by Gasteiger charge is 2.04. The summed E-state index contributed by atoms with van der Waals surface area (Å²) in [5.41, 5.74) is 0. The van der Waals surface area contributed by atoms with E-state index < -0.39 is 5.97 Å². The molecule has 0 aliphatic rings. The van der Waals surface area contributed by atoms with Gasteiger partial charge in [-0.1, -0.05) is 0 Å². The van der Waals surface area contributed by atoms with Crippen LogP contribution in [0.2, 0.25) is 0 Å². The van der Waals surface area contributed by atoms with Gasteiger partial charge in [-0.05, 0) is 13.2 Å². The Morgan fingerprint density at radius 1 is 1.11 bits per heavy atom. The van der Waals surface area contributed by atoms with E-state index in [1.165, 1.54) is 18.7 Å². The van der Waals surface area contributed by atoms with E-state index in [2.05, 4.69) is 5.32 Å². The number of carbonyl (C=O) groups is 3. The number of carbonyl (C=O) groups excluding carboxylic acids is 3. The van der Waals surface area contributed by atoms with E-state index in [0.29, 0.717) is 18.9 Å². The standard InChI is InChI=1S/C12H21NO5S/c1-10(14)3-4-12(16)18-8-7-17-6-5-13-11(15)9-19-2/h3-9H2,1-2H3,(H,13,15). The van der Waals surface area contributed by atoms with Crippen LogP contribution in [0.5, 0.6) is 0 Å². The van der Waals surface area contributed by atoms with Gasteiger partial charge in [-0.2, -0.15) is 11.8 Å². The molecule has 0 bridgehead atoms. The summed E-state index contributed by atoms with van der Waals surface area (Å²) in [6.07, 6.45) is 2.18. The molecule has 1 N–H and O–H groups in total. The van der Waals surface area contributed by atoms with Crippen molar-refractivity contribution in [1.29, 1.82) is 0 Å². The number of hydrogen-bond acceptors (Lipinski definition) is 6. The molecule has 0 saturated heterocycles. The molecule has 6 nitrogen and oxygen atoms in total. The van der Waals surface area contributed by atoms with E-state index in [1.54, 1.807) is 0 Å². The van der Waals surface area contributed by atoms with Crippen LogP contribution in [0.3, 0.4) is 0 Å². The van der Waals surface area contributed by atoms with Gasteiger partial charge in [0.15, 0.2) is 0 Å². The second kappa shape index (κ2) is 12.0. The molecule has 0 rings (SSSR count). The van der Waals surface area contributed by atoms with Crippen molar-refractivity contribution < 1.29 is 23.9 Å². The molecule has 0 aromatic carbocycles. The molecule has 0 heterocycles. The lowest BCUT2D eigenvalue weighted by Gasteiger charge is -2.06. The topological polar surface area (TPSA) is 81.7 Å². The normalized spacial score (nSPS) is 10.0. The average molecular weight is 291 g/mol. The van der Waals surface area contributed by atoms with E-state index in [9.17, 15) is 14.4 Å². The molecule has 0 aliphatic carbocycles. The fraction of sp³-hybridized carbons (Fsp3) is 0.750. The van der Waals surface area contributed by atoms with Crippen LogP contribution in [0.15, 0.2) is 0 Å². The molecule has 0 aliphatic heterocycles. The van der Waals surface area contributed by atoms with Gasteiger partial charge < -0.3 is 19.6 Å². The van der Waals surface area contributed by atoms with E-state index in [0.717, 1.165) is 0 Å². The molecule has 7 heteroatoms. The van der Waals surface area contributed by atoms with E-state index >= 15 is 0 Å². The lowest BCUT2D eigenvalue weighted by atomic mass is 10.2. The SMILES string of the molecule is CSCC(=O)NCCOCCOC(=O)CCC(C)=O. The Kier molecular flexibility index (Phi) is 11.3. The molecule has 0 unspecified atom stereocenters. The second-order valence-electron chi connectivity index (χ2n) is 3.82. The van der Waals surface area contributed by atoms with Crippen molar-refractivity contribution in [2.24, 2.45) is 0 Å². The minimum absolute atomic E-state index is 0.0215. The smallest absolute Gasteiger partial charge is 0.306 e.